The Morgan fingerprint density at radius 1 is 1.06 bits per heavy atom. The Morgan fingerprint density at radius 2 is 1.83 bits per heavy atom. The summed E-state index contributed by atoms with van der Waals surface area (Å²) < 4.78 is 12.9. The maximum atomic E-state index is 12.9. The minimum atomic E-state index is -0.316. The Bertz CT molecular complexity index is 564. The predicted octanol–water partition coefficient (Wildman–Crippen LogP) is 3.64. The third-order valence-electron chi connectivity index (χ3n) is 3.07. The van der Waals surface area contributed by atoms with E-state index in [1.807, 2.05) is 0 Å². The molecule has 0 aliphatic rings. The van der Waals surface area contributed by atoms with Crippen LogP contribution < -0.4 is 11.1 Å². The van der Waals surface area contributed by atoms with E-state index in [-0.39, 0.29) is 5.82 Å². The SMILES string of the molecule is Cc1ccc(CNc2ccc(F)cc2N)cc1C. The van der Waals surface area contributed by atoms with Crippen LogP contribution in [0.3, 0.4) is 0 Å². The van der Waals surface area contributed by atoms with Gasteiger partial charge in [0, 0.05) is 6.54 Å². The second kappa shape index (κ2) is 5.08. The number of aryl methyl sites for hydroxylation is 2. The molecule has 0 atom stereocenters. The Labute approximate surface area is 107 Å². The maximum Gasteiger partial charge on any atom is 0.125 e. The van der Waals surface area contributed by atoms with Gasteiger partial charge in [-0.2, -0.15) is 0 Å². The molecule has 0 amide bonds. The van der Waals surface area contributed by atoms with Crippen LogP contribution in [0.5, 0.6) is 0 Å². The highest BCUT2D eigenvalue weighted by atomic mass is 19.1. The van der Waals surface area contributed by atoms with Gasteiger partial charge in [0.05, 0.1) is 11.4 Å². The fraction of sp³-hybridized carbons (Fsp3) is 0.200. The monoisotopic (exact) mass is 244 g/mol. The summed E-state index contributed by atoms with van der Waals surface area (Å²) in [5.74, 6) is -0.316. The highest BCUT2D eigenvalue weighted by molar-refractivity contribution is 5.65. The van der Waals surface area contributed by atoms with Gasteiger partial charge in [0.2, 0.25) is 0 Å². The Hall–Kier alpha value is -2.03. The third-order valence-corrected chi connectivity index (χ3v) is 3.07. The molecular formula is C15H17FN2. The van der Waals surface area contributed by atoms with Crippen LogP contribution >= 0.6 is 0 Å². The van der Waals surface area contributed by atoms with Crippen molar-refractivity contribution in [2.75, 3.05) is 11.1 Å². The standard InChI is InChI=1S/C15H17FN2/c1-10-3-4-12(7-11(10)2)9-18-15-6-5-13(16)8-14(15)17/h3-8,18H,9,17H2,1-2H3. The van der Waals surface area contributed by atoms with Crippen LogP contribution in [0.4, 0.5) is 15.8 Å². The van der Waals surface area contributed by atoms with Crippen LogP contribution in [-0.2, 0) is 6.54 Å². The second-order valence-electron chi connectivity index (χ2n) is 4.50. The molecule has 2 aromatic rings. The zero-order valence-electron chi connectivity index (χ0n) is 10.6. The molecule has 0 radical (unpaired) electrons. The van der Waals surface area contributed by atoms with Gasteiger partial charge in [0.1, 0.15) is 5.82 Å². The lowest BCUT2D eigenvalue weighted by Crippen LogP contribution is -2.03. The number of halogens is 1. The van der Waals surface area contributed by atoms with Gasteiger partial charge in [-0.05, 0) is 48.7 Å². The van der Waals surface area contributed by atoms with Crippen molar-refractivity contribution >= 4 is 11.4 Å². The van der Waals surface area contributed by atoms with Crippen molar-refractivity contribution in [1.29, 1.82) is 0 Å². The van der Waals surface area contributed by atoms with Crippen LogP contribution in [-0.4, -0.2) is 0 Å². The lowest BCUT2D eigenvalue weighted by Gasteiger charge is -2.10. The van der Waals surface area contributed by atoms with Gasteiger partial charge in [0.15, 0.2) is 0 Å². The lowest BCUT2D eigenvalue weighted by atomic mass is 10.1. The molecule has 0 bridgehead atoms. The molecule has 0 aromatic heterocycles. The molecule has 18 heavy (non-hydrogen) atoms. The Kier molecular flexibility index (Phi) is 3.51. The normalized spacial score (nSPS) is 10.4. The van der Waals surface area contributed by atoms with Crippen molar-refractivity contribution in [1.82, 2.24) is 0 Å². The van der Waals surface area contributed by atoms with Crippen molar-refractivity contribution in [3.8, 4) is 0 Å². The average Bonchev–Trinajstić information content (AvgIpc) is 2.32. The summed E-state index contributed by atoms with van der Waals surface area (Å²) in [6.45, 7) is 4.85. The first-order valence-corrected chi connectivity index (χ1v) is 5.91. The minimum Gasteiger partial charge on any atom is -0.397 e. The molecule has 0 saturated heterocycles. The molecule has 0 aliphatic carbocycles. The summed E-state index contributed by atoms with van der Waals surface area (Å²) in [5, 5.41) is 3.21. The number of nitrogens with two attached hydrogens (primary N) is 1. The number of anilines is 2. The average molecular weight is 244 g/mol. The van der Waals surface area contributed by atoms with Gasteiger partial charge in [-0.15, -0.1) is 0 Å². The molecule has 0 aliphatic heterocycles. The van der Waals surface area contributed by atoms with Crippen molar-refractivity contribution in [3.63, 3.8) is 0 Å². The van der Waals surface area contributed by atoms with E-state index in [0.29, 0.717) is 12.2 Å². The topological polar surface area (TPSA) is 38.0 Å². The van der Waals surface area contributed by atoms with Crippen LogP contribution in [0.25, 0.3) is 0 Å². The van der Waals surface area contributed by atoms with E-state index in [9.17, 15) is 4.39 Å². The van der Waals surface area contributed by atoms with Gasteiger partial charge in [-0.3, -0.25) is 0 Å². The summed E-state index contributed by atoms with van der Waals surface area (Å²) >= 11 is 0. The fourth-order valence-electron chi connectivity index (χ4n) is 1.81. The Balaban J connectivity index is 2.09. The number of rotatable bonds is 3. The van der Waals surface area contributed by atoms with Crippen molar-refractivity contribution in [2.45, 2.75) is 20.4 Å². The largest absolute Gasteiger partial charge is 0.397 e. The molecule has 0 heterocycles. The quantitative estimate of drug-likeness (QED) is 0.809. The van der Waals surface area contributed by atoms with Crippen LogP contribution in [0.15, 0.2) is 36.4 Å². The third kappa shape index (κ3) is 2.80. The first kappa shape index (κ1) is 12.4. The maximum absolute atomic E-state index is 12.9. The summed E-state index contributed by atoms with van der Waals surface area (Å²) in [6, 6.07) is 10.7. The summed E-state index contributed by atoms with van der Waals surface area (Å²) in [7, 11) is 0. The number of nitrogens with one attached hydrogen (secondary N) is 1. The summed E-state index contributed by atoms with van der Waals surface area (Å²) in [5.41, 5.74) is 10.7. The summed E-state index contributed by atoms with van der Waals surface area (Å²) in [4.78, 5) is 0. The van der Waals surface area contributed by atoms with Crippen molar-refractivity contribution in [2.24, 2.45) is 0 Å². The van der Waals surface area contributed by atoms with E-state index in [2.05, 4.69) is 37.4 Å². The molecule has 0 unspecified atom stereocenters. The molecule has 0 spiro atoms. The van der Waals surface area contributed by atoms with Gasteiger partial charge in [0.25, 0.3) is 0 Å². The fourth-order valence-corrected chi connectivity index (χ4v) is 1.81. The molecule has 2 nitrogen and oxygen atoms in total. The molecule has 2 aromatic carbocycles. The van der Waals surface area contributed by atoms with Gasteiger partial charge in [-0.25, -0.2) is 4.39 Å². The lowest BCUT2D eigenvalue weighted by molar-refractivity contribution is 0.628. The van der Waals surface area contributed by atoms with Crippen molar-refractivity contribution < 1.29 is 4.39 Å². The molecular weight excluding hydrogens is 227 g/mol. The Morgan fingerprint density at radius 3 is 2.50 bits per heavy atom. The molecule has 3 N–H and O–H groups in total. The number of nitrogen functional groups attached to an aromatic ring is 1. The van der Waals surface area contributed by atoms with E-state index in [0.717, 1.165) is 5.69 Å². The smallest absolute Gasteiger partial charge is 0.125 e. The molecule has 3 heteroatoms. The van der Waals surface area contributed by atoms with E-state index >= 15 is 0 Å². The molecule has 2 rings (SSSR count). The van der Waals surface area contributed by atoms with Crippen LogP contribution in [0.1, 0.15) is 16.7 Å². The zero-order chi connectivity index (χ0) is 13.1. The van der Waals surface area contributed by atoms with E-state index < -0.39 is 0 Å². The zero-order valence-corrected chi connectivity index (χ0v) is 10.6. The van der Waals surface area contributed by atoms with E-state index in [1.165, 1.54) is 28.8 Å². The van der Waals surface area contributed by atoms with E-state index in [4.69, 9.17) is 5.73 Å². The first-order valence-electron chi connectivity index (χ1n) is 5.91. The number of hydrogen-bond acceptors (Lipinski definition) is 2. The molecule has 94 valence electrons. The first-order chi connectivity index (χ1) is 8.56. The minimum absolute atomic E-state index is 0.316. The highest BCUT2D eigenvalue weighted by Crippen LogP contribution is 2.20. The number of benzene rings is 2. The van der Waals surface area contributed by atoms with Crippen molar-refractivity contribution in [3.05, 3.63) is 58.9 Å². The van der Waals surface area contributed by atoms with Gasteiger partial charge >= 0.3 is 0 Å². The van der Waals surface area contributed by atoms with Crippen LogP contribution in [0.2, 0.25) is 0 Å². The van der Waals surface area contributed by atoms with E-state index in [1.54, 1.807) is 6.07 Å². The van der Waals surface area contributed by atoms with Crippen LogP contribution in [0, 0.1) is 19.7 Å². The van der Waals surface area contributed by atoms with Gasteiger partial charge in [-0.1, -0.05) is 18.2 Å². The highest BCUT2D eigenvalue weighted by Gasteiger charge is 2.01. The summed E-state index contributed by atoms with van der Waals surface area (Å²) in [6.07, 6.45) is 0. The number of hydrogen-bond donors (Lipinski definition) is 2. The second-order valence-corrected chi connectivity index (χ2v) is 4.50. The molecule has 0 saturated carbocycles. The molecule has 0 fully saturated rings. The predicted molar refractivity (Wildman–Crippen MR) is 74.1 cm³/mol. The van der Waals surface area contributed by atoms with Gasteiger partial charge < -0.3 is 11.1 Å².